The van der Waals surface area contributed by atoms with Crippen LogP contribution < -0.4 is 15.8 Å². The van der Waals surface area contributed by atoms with Crippen LogP contribution in [0.1, 0.15) is 49.7 Å². The number of nitrogens with one attached hydrogen (secondary N) is 2. The van der Waals surface area contributed by atoms with Crippen molar-refractivity contribution in [2.75, 3.05) is 16.8 Å². The molecule has 1 amide bonds. The predicted molar refractivity (Wildman–Crippen MR) is 111 cm³/mol. The SMILES string of the molecule is CCC1CCCCN1c1nc2c(c(=O)[nH]1)C(c1cccc(Cl)c1)C(C#N)C(=O)N2. The molecule has 1 aromatic heterocycles. The summed E-state index contributed by atoms with van der Waals surface area (Å²) in [7, 11) is 0. The number of aromatic nitrogens is 2. The van der Waals surface area contributed by atoms with Gasteiger partial charge in [0.1, 0.15) is 11.7 Å². The van der Waals surface area contributed by atoms with Gasteiger partial charge in [-0.05, 0) is 43.4 Å². The Morgan fingerprint density at radius 3 is 2.90 bits per heavy atom. The van der Waals surface area contributed by atoms with Crippen LogP contribution in [0.15, 0.2) is 29.1 Å². The molecule has 2 N–H and O–H groups in total. The fourth-order valence-electron chi connectivity index (χ4n) is 4.40. The summed E-state index contributed by atoms with van der Waals surface area (Å²) >= 11 is 6.13. The number of amides is 1. The molecule has 3 unspecified atom stereocenters. The zero-order valence-corrected chi connectivity index (χ0v) is 16.9. The summed E-state index contributed by atoms with van der Waals surface area (Å²) in [6, 6.07) is 9.26. The average molecular weight is 412 g/mol. The van der Waals surface area contributed by atoms with E-state index in [1.54, 1.807) is 24.3 Å². The average Bonchev–Trinajstić information content (AvgIpc) is 2.72. The Morgan fingerprint density at radius 1 is 1.34 bits per heavy atom. The Morgan fingerprint density at radius 2 is 2.17 bits per heavy atom. The highest BCUT2D eigenvalue weighted by molar-refractivity contribution is 6.30. The first kappa shape index (κ1) is 19.5. The first-order valence-corrected chi connectivity index (χ1v) is 10.3. The maximum Gasteiger partial charge on any atom is 0.258 e. The van der Waals surface area contributed by atoms with Crippen molar-refractivity contribution in [3.8, 4) is 6.07 Å². The van der Waals surface area contributed by atoms with Gasteiger partial charge in [-0.15, -0.1) is 0 Å². The number of fused-ring (bicyclic) bond motifs is 1. The highest BCUT2D eigenvalue weighted by atomic mass is 35.5. The topological polar surface area (TPSA) is 102 Å². The maximum atomic E-state index is 13.1. The standard InChI is InChI=1S/C21H22ClN5O2/c1-2-14-8-3-4-9-27(14)21-25-18-17(20(29)26-21)16(15(11-23)19(28)24-18)12-6-5-7-13(22)10-12/h5-7,10,14-16H,2-4,8-9H2,1H3,(H2,24,25,26,28,29). The fourth-order valence-corrected chi connectivity index (χ4v) is 4.60. The lowest BCUT2D eigenvalue weighted by Crippen LogP contribution is -2.43. The Balaban J connectivity index is 1.85. The second kappa shape index (κ2) is 7.88. The van der Waals surface area contributed by atoms with E-state index < -0.39 is 17.7 Å². The number of anilines is 2. The Kier molecular flexibility index (Phi) is 5.29. The van der Waals surface area contributed by atoms with Crippen molar-refractivity contribution < 1.29 is 4.79 Å². The van der Waals surface area contributed by atoms with Gasteiger partial charge in [0.25, 0.3) is 5.56 Å². The van der Waals surface area contributed by atoms with E-state index in [0.717, 1.165) is 32.2 Å². The lowest BCUT2D eigenvalue weighted by molar-refractivity contribution is -0.119. The van der Waals surface area contributed by atoms with Gasteiger partial charge in [0.05, 0.1) is 11.6 Å². The number of hydrogen-bond donors (Lipinski definition) is 2. The van der Waals surface area contributed by atoms with Crippen molar-refractivity contribution in [2.24, 2.45) is 5.92 Å². The molecular formula is C21H22ClN5O2. The van der Waals surface area contributed by atoms with E-state index in [1.807, 2.05) is 6.07 Å². The quantitative estimate of drug-likeness (QED) is 0.805. The molecule has 8 heteroatoms. The predicted octanol–water partition coefficient (Wildman–Crippen LogP) is 3.42. The zero-order chi connectivity index (χ0) is 20.5. The molecule has 4 rings (SSSR count). The number of piperidine rings is 1. The van der Waals surface area contributed by atoms with Crippen molar-refractivity contribution in [3.05, 3.63) is 50.8 Å². The summed E-state index contributed by atoms with van der Waals surface area (Å²) < 4.78 is 0. The molecular weight excluding hydrogens is 390 g/mol. The van der Waals surface area contributed by atoms with Crippen LogP contribution in [0.4, 0.5) is 11.8 Å². The number of nitrogens with zero attached hydrogens (tertiary/aromatic N) is 3. The van der Waals surface area contributed by atoms with E-state index in [0.29, 0.717) is 28.1 Å². The van der Waals surface area contributed by atoms with Gasteiger partial charge in [0.2, 0.25) is 11.9 Å². The number of rotatable bonds is 3. The highest BCUT2D eigenvalue weighted by Gasteiger charge is 2.40. The van der Waals surface area contributed by atoms with E-state index in [9.17, 15) is 14.9 Å². The zero-order valence-electron chi connectivity index (χ0n) is 16.1. The van der Waals surface area contributed by atoms with Crippen LogP contribution in [0, 0.1) is 17.2 Å². The molecule has 1 saturated heterocycles. The number of benzene rings is 1. The summed E-state index contributed by atoms with van der Waals surface area (Å²) in [6.45, 7) is 2.93. The lowest BCUT2D eigenvalue weighted by atomic mass is 9.79. The van der Waals surface area contributed by atoms with E-state index in [1.165, 1.54) is 0 Å². The number of H-pyrrole nitrogens is 1. The van der Waals surface area contributed by atoms with E-state index in [2.05, 4.69) is 27.1 Å². The minimum atomic E-state index is -1.03. The molecule has 1 fully saturated rings. The summed E-state index contributed by atoms with van der Waals surface area (Å²) in [5.41, 5.74) is 0.604. The van der Waals surface area contributed by atoms with Gasteiger partial charge in [-0.3, -0.25) is 14.6 Å². The first-order valence-electron chi connectivity index (χ1n) is 9.90. The van der Waals surface area contributed by atoms with Gasteiger partial charge in [-0.1, -0.05) is 30.7 Å². The molecule has 2 aliphatic heterocycles. The molecule has 0 bridgehead atoms. The van der Waals surface area contributed by atoms with Crippen molar-refractivity contribution in [3.63, 3.8) is 0 Å². The van der Waals surface area contributed by atoms with Crippen LogP contribution in [0.2, 0.25) is 5.02 Å². The number of hydrogen-bond acceptors (Lipinski definition) is 5. The molecule has 0 radical (unpaired) electrons. The van der Waals surface area contributed by atoms with Crippen LogP contribution in [0.5, 0.6) is 0 Å². The van der Waals surface area contributed by atoms with Crippen LogP contribution in [-0.2, 0) is 4.79 Å². The molecule has 0 aliphatic carbocycles. The third kappa shape index (κ3) is 3.49. The lowest BCUT2D eigenvalue weighted by Gasteiger charge is -2.36. The number of aromatic amines is 1. The fraction of sp³-hybridized carbons (Fsp3) is 0.429. The maximum absolute atomic E-state index is 13.1. The second-order valence-electron chi connectivity index (χ2n) is 7.53. The summed E-state index contributed by atoms with van der Waals surface area (Å²) in [5.74, 6) is -1.52. The minimum absolute atomic E-state index is 0.227. The van der Waals surface area contributed by atoms with Crippen molar-refractivity contribution >= 4 is 29.3 Å². The minimum Gasteiger partial charge on any atom is -0.339 e. The molecule has 2 aromatic rings. The molecule has 0 spiro atoms. The summed E-state index contributed by atoms with van der Waals surface area (Å²) in [6.07, 6.45) is 4.19. The van der Waals surface area contributed by atoms with Crippen LogP contribution in [0.3, 0.4) is 0 Å². The van der Waals surface area contributed by atoms with Gasteiger partial charge in [-0.2, -0.15) is 10.2 Å². The van der Waals surface area contributed by atoms with Gasteiger partial charge in [0, 0.05) is 23.5 Å². The van der Waals surface area contributed by atoms with E-state index in [-0.39, 0.29) is 11.4 Å². The Labute approximate surface area is 173 Å². The number of halogens is 1. The largest absolute Gasteiger partial charge is 0.339 e. The highest BCUT2D eigenvalue weighted by Crippen LogP contribution is 2.39. The molecule has 3 atom stereocenters. The van der Waals surface area contributed by atoms with Gasteiger partial charge < -0.3 is 10.2 Å². The summed E-state index contributed by atoms with van der Waals surface area (Å²) in [4.78, 5) is 35.4. The van der Waals surface area contributed by atoms with E-state index in [4.69, 9.17) is 11.6 Å². The van der Waals surface area contributed by atoms with Crippen molar-refractivity contribution in [2.45, 2.75) is 44.6 Å². The Bertz CT molecular complexity index is 1040. The second-order valence-corrected chi connectivity index (χ2v) is 7.97. The Hall–Kier alpha value is -2.85. The molecule has 29 heavy (non-hydrogen) atoms. The molecule has 3 heterocycles. The number of nitriles is 1. The molecule has 0 saturated carbocycles. The monoisotopic (exact) mass is 411 g/mol. The van der Waals surface area contributed by atoms with Crippen LogP contribution in [0.25, 0.3) is 0 Å². The summed E-state index contributed by atoms with van der Waals surface area (Å²) in [5, 5.41) is 12.8. The third-order valence-electron chi connectivity index (χ3n) is 5.83. The molecule has 1 aromatic carbocycles. The van der Waals surface area contributed by atoms with Gasteiger partial charge in [0.15, 0.2) is 0 Å². The normalized spacial score (nSPS) is 23.8. The van der Waals surface area contributed by atoms with Crippen LogP contribution in [-0.4, -0.2) is 28.5 Å². The third-order valence-corrected chi connectivity index (χ3v) is 6.06. The molecule has 150 valence electrons. The van der Waals surface area contributed by atoms with Gasteiger partial charge >= 0.3 is 0 Å². The van der Waals surface area contributed by atoms with Crippen LogP contribution >= 0.6 is 11.6 Å². The van der Waals surface area contributed by atoms with Crippen molar-refractivity contribution in [1.82, 2.24) is 9.97 Å². The van der Waals surface area contributed by atoms with E-state index >= 15 is 0 Å². The first-order chi connectivity index (χ1) is 14.0. The number of carbonyl (C=O) groups is 1. The molecule has 7 nitrogen and oxygen atoms in total. The van der Waals surface area contributed by atoms with Crippen molar-refractivity contribution in [1.29, 1.82) is 5.26 Å². The molecule has 2 aliphatic rings. The van der Waals surface area contributed by atoms with Gasteiger partial charge in [-0.25, -0.2) is 0 Å². The number of carbonyl (C=O) groups excluding carboxylic acids is 1. The smallest absolute Gasteiger partial charge is 0.258 e.